The van der Waals surface area contributed by atoms with Gasteiger partial charge in [-0.25, -0.2) is 0 Å². The minimum Gasteiger partial charge on any atom is -0.454 e. The number of nitriles is 1. The Bertz CT molecular complexity index is 1410. The first kappa shape index (κ1) is 24.9. The number of hydrogen-bond acceptors (Lipinski definition) is 5. The first-order valence-corrected chi connectivity index (χ1v) is 13.2. The van der Waals surface area contributed by atoms with Gasteiger partial charge in [0.1, 0.15) is 18.2 Å². The number of ether oxygens (including phenoxy) is 2. The van der Waals surface area contributed by atoms with Crippen LogP contribution in [0, 0.1) is 11.3 Å². The summed E-state index contributed by atoms with van der Waals surface area (Å²) in [5, 5.41) is 13.4. The van der Waals surface area contributed by atoms with Gasteiger partial charge in [-0.3, -0.25) is 9.59 Å². The summed E-state index contributed by atoms with van der Waals surface area (Å²) in [5.74, 6) is 0.913. The molecule has 2 amide bonds. The molecule has 2 aliphatic rings. The van der Waals surface area contributed by atoms with Crippen molar-refractivity contribution < 1.29 is 19.1 Å². The van der Waals surface area contributed by atoms with Gasteiger partial charge in [-0.05, 0) is 54.8 Å². The summed E-state index contributed by atoms with van der Waals surface area (Å²) < 4.78 is 13.5. The van der Waals surface area contributed by atoms with Crippen LogP contribution < -0.4 is 14.8 Å². The van der Waals surface area contributed by atoms with Crippen LogP contribution in [0.15, 0.2) is 52.6 Å². The zero-order valence-corrected chi connectivity index (χ0v) is 21.9. The molecule has 190 valence electrons. The molecule has 0 radical (unpaired) electrons. The Balaban J connectivity index is 1.36. The zero-order chi connectivity index (χ0) is 25.8. The minimum absolute atomic E-state index is 0.0152. The standard InChI is InChI=1S/C28H27BrN4O4/c29-22-6-7-24-23(13-22)21(16-33(24)17-27(34)32-9-3-1-2-4-10-32)12-20(14-30)28(35)31-15-19-5-8-25-26(11-19)37-18-36-25/h5-8,11-13,16H,1-4,9-10,15,17-18H2,(H,31,35)/b20-12+. The largest absolute Gasteiger partial charge is 0.454 e. The number of nitrogens with zero attached hydrogens (tertiary/aromatic N) is 3. The highest BCUT2D eigenvalue weighted by molar-refractivity contribution is 9.10. The van der Waals surface area contributed by atoms with Gasteiger partial charge in [-0.15, -0.1) is 0 Å². The lowest BCUT2D eigenvalue weighted by Gasteiger charge is -2.20. The van der Waals surface area contributed by atoms with Crippen LogP contribution in [0.3, 0.4) is 0 Å². The minimum atomic E-state index is -0.475. The average molecular weight is 563 g/mol. The fourth-order valence-corrected chi connectivity index (χ4v) is 5.10. The number of benzene rings is 2. The molecule has 1 N–H and O–H groups in total. The Morgan fingerprint density at radius 1 is 1.05 bits per heavy atom. The Morgan fingerprint density at radius 2 is 1.84 bits per heavy atom. The number of hydrogen-bond donors (Lipinski definition) is 1. The monoisotopic (exact) mass is 562 g/mol. The second-order valence-electron chi connectivity index (χ2n) is 9.21. The highest BCUT2D eigenvalue weighted by Crippen LogP contribution is 2.32. The number of nitrogens with one attached hydrogen (secondary N) is 1. The van der Waals surface area contributed by atoms with E-state index in [1.54, 1.807) is 12.1 Å². The van der Waals surface area contributed by atoms with E-state index in [1.807, 2.05) is 52.1 Å². The molecule has 37 heavy (non-hydrogen) atoms. The smallest absolute Gasteiger partial charge is 0.262 e. The summed E-state index contributed by atoms with van der Waals surface area (Å²) in [6, 6.07) is 13.3. The van der Waals surface area contributed by atoms with Crippen LogP contribution >= 0.6 is 15.9 Å². The Kier molecular flexibility index (Phi) is 7.47. The summed E-state index contributed by atoms with van der Waals surface area (Å²) in [6.45, 7) is 2.22. The molecular weight excluding hydrogens is 536 g/mol. The van der Waals surface area contributed by atoms with Crippen LogP contribution in [0.1, 0.15) is 36.8 Å². The average Bonchev–Trinajstić information content (AvgIpc) is 3.38. The number of carbonyl (C=O) groups excluding carboxylic acids is 2. The van der Waals surface area contributed by atoms with Crippen LogP contribution in [0.2, 0.25) is 0 Å². The van der Waals surface area contributed by atoms with Gasteiger partial charge in [0.25, 0.3) is 5.91 Å². The number of amides is 2. The topological polar surface area (TPSA) is 96.6 Å². The van der Waals surface area contributed by atoms with Gasteiger partial charge in [0, 0.05) is 46.8 Å². The Hall–Kier alpha value is -3.77. The third-order valence-corrected chi connectivity index (χ3v) is 7.19. The summed E-state index contributed by atoms with van der Waals surface area (Å²) in [4.78, 5) is 27.9. The van der Waals surface area contributed by atoms with Crippen molar-refractivity contribution in [2.75, 3.05) is 19.9 Å². The molecule has 0 saturated carbocycles. The van der Waals surface area contributed by atoms with E-state index in [0.29, 0.717) is 17.1 Å². The number of rotatable bonds is 6. The van der Waals surface area contributed by atoms with E-state index < -0.39 is 5.91 Å². The summed E-state index contributed by atoms with van der Waals surface area (Å²) in [5.41, 5.74) is 2.39. The molecule has 2 aliphatic heterocycles. The van der Waals surface area contributed by atoms with Crippen molar-refractivity contribution in [3.63, 3.8) is 0 Å². The lowest BCUT2D eigenvalue weighted by Crippen LogP contribution is -2.34. The highest BCUT2D eigenvalue weighted by Gasteiger charge is 2.19. The quantitative estimate of drug-likeness (QED) is 0.345. The van der Waals surface area contributed by atoms with Crippen molar-refractivity contribution in [2.45, 2.75) is 38.8 Å². The van der Waals surface area contributed by atoms with E-state index in [1.165, 1.54) is 0 Å². The Labute approximate surface area is 223 Å². The van der Waals surface area contributed by atoms with Gasteiger partial charge in [0.2, 0.25) is 12.7 Å². The summed E-state index contributed by atoms with van der Waals surface area (Å²) >= 11 is 3.51. The molecule has 1 saturated heterocycles. The third-order valence-electron chi connectivity index (χ3n) is 6.69. The SMILES string of the molecule is N#C/C(=C\c1cn(CC(=O)N2CCCCCC2)c2ccc(Br)cc12)C(=O)NCc1ccc2c(c1)OCO2. The molecule has 0 unspecified atom stereocenters. The fourth-order valence-electron chi connectivity index (χ4n) is 4.74. The Morgan fingerprint density at radius 3 is 2.62 bits per heavy atom. The molecule has 3 aromatic rings. The second-order valence-corrected chi connectivity index (χ2v) is 10.1. The van der Waals surface area contributed by atoms with Crippen molar-refractivity contribution in [2.24, 2.45) is 0 Å². The number of fused-ring (bicyclic) bond motifs is 2. The normalized spacial score (nSPS) is 15.4. The van der Waals surface area contributed by atoms with Gasteiger partial charge in [0.05, 0.1) is 0 Å². The van der Waals surface area contributed by atoms with Crippen LogP contribution in [0.5, 0.6) is 11.5 Å². The van der Waals surface area contributed by atoms with E-state index in [2.05, 4.69) is 21.2 Å². The van der Waals surface area contributed by atoms with E-state index >= 15 is 0 Å². The second kappa shape index (κ2) is 11.1. The predicted molar refractivity (Wildman–Crippen MR) is 143 cm³/mol. The zero-order valence-electron chi connectivity index (χ0n) is 20.3. The maximum Gasteiger partial charge on any atom is 0.262 e. The molecule has 9 heteroatoms. The van der Waals surface area contributed by atoms with E-state index in [0.717, 1.165) is 59.7 Å². The van der Waals surface area contributed by atoms with E-state index in [4.69, 9.17) is 9.47 Å². The van der Waals surface area contributed by atoms with Crippen LogP contribution in [-0.2, 0) is 22.7 Å². The number of carbonyl (C=O) groups is 2. The first-order chi connectivity index (χ1) is 18.0. The van der Waals surface area contributed by atoms with Gasteiger partial charge in [0.15, 0.2) is 11.5 Å². The van der Waals surface area contributed by atoms with E-state index in [9.17, 15) is 14.9 Å². The maximum absolute atomic E-state index is 13.1. The van der Waals surface area contributed by atoms with Gasteiger partial charge in [-0.2, -0.15) is 5.26 Å². The molecule has 5 rings (SSSR count). The molecule has 0 aliphatic carbocycles. The number of aromatic nitrogens is 1. The molecule has 0 bridgehead atoms. The molecule has 0 spiro atoms. The van der Waals surface area contributed by atoms with Gasteiger partial charge >= 0.3 is 0 Å². The lowest BCUT2D eigenvalue weighted by molar-refractivity contribution is -0.131. The molecule has 1 fully saturated rings. The summed E-state index contributed by atoms with van der Waals surface area (Å²) in [6.07, 6.45) is 7.81. The third kappa shape index (κ3) is 5.65. The molecule has 2 aromatic carbocycles. The fraction of sp³-hybridized carbons (Fsp3) is 0.321. The van der Waals surface area contributed by atoms with E-state index in [-0.39, 0.29) is 31.4 Å². The molecular formula is C28H27BrN4O4. The maximum atomic E-state index is 13.1. The van der Waals surface area contributed by atoms with Crippen LogP contribution in [-0.4, -0.2) is 41.2 Å². The number of halogens is 1. The molecule has 3 heterocycles. The van der Waals surface area contributed by atoms with Crippen molar-refractivity contribution in [3.05, 3.63) is 63.8 Å². The van der Waals surface area contributed by atoms with Crippen LogP contribution in [0.4, 0.5) is 0 Å². The first-order valence-electron chi connectivity index (χ1n) is 12.4. The van der Waals surface area contributed by atoms with Crippen molar-refractivity contribution in [1.82, 2.24) is 14.8 Å². The van der Waals surface area contributed by atoms with Gasteiger partial charge in [-0.1, -0.05) is 34.8 Å². The summed E-state index contributed by atoms with van der Waals surface area (Å²) in [7, 11) is 0. The number of likely N-dealkylation sites (tertiary alicyclic amines) is 1. The van der Waals surface area contributed by atoms with Gasteiger partial charge < -0.3 is 24.3 Å². The highest BCUT2D eigenvalue weighted by atomic mass is 79.9. The van der Waals surface area contributed by atoms with Crippen LogP contribution in [0.25, 0.3) is 17.0 Å². The van der Waals surface area contributed by atoms with Crippen molar-refractivity contribution in [3.8, 4) is 17.6 Å². The molecule has 0 atom stereocenters. The predicted octanol–water partition coefficient (Wildman–Crippen LogP) is 4.76. The van der Waals surface area contributed by atoms with Crippen molar-refractivity contribution in [1.29, 1.82) is 5.26 Å². The molecule has 8 nitrogen and oxygen atoms in total. The lowest BCUT2D eigenvalue weighted by atomic mass is 10.1. The van der Waals surface area contributed by atoms with Crippen molar-refractivity contribution >= 4 is 44.7 Å². The molecule has 1 aromatic heterocycles.